The molecule has 5 rings (SSSR count). The lowest BCUT2D eigenvalue weighted by atomic mass is 10.0. The first-order valence-electron chi connectivity index (χ1n) is 12.2. The number of aryl methyl sites for hydroxylation is 1. The minimum Gasteiger partial charge on any atom is -0.351 e. The van der Waals surface area contributed by atoms with Crippen molar-refractivity contribution in [2.45, 2.75) is 32.9 Å². The van der Waals surface area contributed by atoms with Crippen LogP contribution in [0, 0.1) is 12.8 Å². The molecule has 1 aliphatic heterocycles. The van der Waals surface area contributed by atoms with E-state index in [2.05, 4.69) is 68.5 Å². The molecule has 2 atom stereocenters. The maximum Gasteiger partial charge on any atom is 0.226 e. The normalized spacial score (nSPS) is 17.2. The van der Waals surface area contributed by atoms with E-state index in [0.717, 1.165) is 22.8 Å². The molecule has 0 bridgehead atoms. The van der Waals surface area contributed by atoms with Gasteiger partial charge in [-0.2, -0.15) is 0 Å². The van der Waals surface area contributed by atoms with Crippen molar-refractivity contribution in [3.05, 3.63) is 107 Å². The first-order valence-corrected chi connectivity index (χ1v) is 13.0. The molecule has 37 heavy (non-hydrogen) atoms. The predicted octanol–water partition coefficient (Wildman–Crippen LogP) is 6.61. The number of nitrogens with one attached hydrogen (secondary N) is 2. The number of thiocarbonyl (C=S) groups is 1. The predicted molar refractivity (Wildman–Crippen MR) is 153 cm³/mol. The minimum atomic E-state index is -0.204. The lowest BCUT2D eigenvalue weighted by Gasteiger charge is -2.29. The Morgan fingerprint density at radius 2 is 1.89 bits per heavy atom. The summed E-state index contributed by atoms with van der Waals surface area (Å²) in [7, 11) is 0. The van der Waals surface area contributed by atoms with E-state index in [9.17, 15) is 4.79 Å². The van der Waals surface area contributed by atoms with Crippen molar-refractivity contribution in [1.29, 1.82) is 0 Å². The highest BCUT2D eigenvalue weighted by Gasteiger charge is 2.42. The van der Waals surface area contributed by atoms with Gasteiger partial charge in [-0.05, 0) is 79.3 Å². The SMILES string of the molecule is Cc1cccc(-n2cccc2C2C(c3ccccn3)NC(=S)N2c2ccc(NC(=O)C(C)C)c(Cl)c2)c1. The summed E-state index contributed by atoms with van der Waals surface area (Å²) in [5, 5.41) is 7.42. The highest BCUT2D eigenvalue weighted by Crippen LogP contribution is 2.43. The summed E-state index contributed by atoms with van der Waals surface area (Å²) >= 11 is 12.5. The van der Waals surface area contributed by atoms with Gasteiger partial charge in [0.15, 0.2) is 5.11 Å². The van der Waals surface area contributed by atoms with E-state index >= 15 is 0 Å². The maximum absolute atomic E-state index is 12.2. The minimum absolute atomic E-state index is 0.0860. The molecule has 6 nitrogen and oxygen atoms in total. The fourth-order valence-electron chi connectivity index (χ4n) is 4.61. The molecule has 2 aromatic heterocycles. The summed E-state index contributed by atoms with van der Waals surface area (Å²) in [4.78, 5) is 19.0. The zero-order chi connectivity index (χ0) is 26.1. The molecule has 0 aliphatic carbocycles. The smallest absolute Gasteiger partial charge is 0.226 e. The summed E-state index contributed by atoms with van der Waals surface area (Å²) in [5.41, 5.74) is 5.60. The standard InChI is InChI=1S/C29H28ClN5OS/c1-18(2)28(36)32-23-13-12-21(17-22(23)30)35-27(26(33-29(35)37)24-10-4-5-14-31-24)25-11-7-15-34(25)20-9-6-8-19(3)16-20/h4-18,26-27H,1-3H3,(H,32,36)(H,33,37). The molecular weight excluding hydrogens is 502 g/mol. The van der Waals surface area contributed by atoms with Crippen molar-refractivity contribution in [3.63, 3.8) is 0 Å². The highest BCUT2D eigenvalue weighted by molar-refractivity contribution is 7.80. The van der Waals surface area contributed by atoms with Crippen LogP contribution in [0.1, 0.15) is 42.9 Å². The molecule has 2 aromatic carbocycles. The second kappa shape index (κ2) is 10.4. The molecule has 2 unspecified atom stereocenters. The van der Waals surface area contributed by atoms with E-state index in [-0.39, 0.29) is 23.9 Å². The quantitative estimate of drug-likeness (QED) is 0.275. The molecule has 2 N–H and O–H groups in total. The number of pyridine rings is 1. The Morgan fingerprint density at radius 3 is 2.59 bits per heavy atom. The number of carbonyl (C=O) groups excluding carboxylic acids is 1. The van der Waals surface area contributed by atoms with Gasteiger partial charge in [0.05, 0.1) is 22.4 Å². The number of nitrogens with zero attached hydrogens (tertiary/aromatic N) is 3. The molecule has 1 fully saturated rings. The van der Waals surface area contributed by atoms with Crippen LogP contribution in [-0.2, 0) is 4.79 Å². The van der Waals surface area contributed by atoms with E-state index in [0.29, 0.717) is 15.8 Å². The van der Waals surface area contributed by atoms with Crippen LogP contribution in [0.15, 0.2) is 85.2 Å². The van der Waals surface area contributed by atoms with E-state index in [1.807, 2.05) is 56.3 Å². The van der Waals surface area contributed by atoms with Crippen molar-refractivity contribution in [2.75, 3.05) is 10.2 Å². The van der Waals surface area contributed by atoms with Gasteiger partial charge < -0.3 is 20.1 Å². The summed E-state index contributed by atoms with van der Waals surface area (Å²) in [6.07, 6.45) is 3.86. The zero-order valence-electron chi connectivity index (χ0n) is 20.9. The van der Waals surface area contributed by atoms with Gasteiger partial charge in [-0.1, -0.05) is 43.6 Å². The summed E-state index contributed by atoms with van der Waals surface area (Å²) < 4.78 is 2.19. The second-order valence-electron chi connectivity index (χ2n) is 9.45. The van der Waals surface area contributed by atoms with Crippen molar-refractivity contribution in [1.82, 2.24) is 14.9 Å². The highest BCUT2D eigenvalue weighted by atomic mass is 35.5. The fraction of sp³-hybridized carbons (Fsp3) is 0.207. The lowest BCUT2D eigenvalue weighted by Crippen LogP contribution is -2.30. The zero-order valence-corrected chi connectivity index (χ0v) is 22.4. The summed E-state index contributed by atoms with van der Waals surface area (Å²) in [6.45, 7) is 5.78. The molecule has 8 heteroatoms. The Balaban J connectivity index is 1.60. The fourth-order valence-corrected chi connectivity index (χ4v) is 5.18. The number of hydrogen-bond acceptors (Lipinski definition) is 3. The van der Waals surface area contributed by atoms with Crippen LogP contribution in [0.2, 0.25) is 5.02 Å². The number of halogens is 1. The van der Waals surface area contributed by atoms with Crippen molar-refractivity contribution >= 4 is 46.2 Å². The number of anilines is 2. The molecule has 188 valence electrons. The molecule has 0 saturated carbocycles. The third-order valence-corrected chi connectivity index (χ3v) is 7.10. The first-order chi connectivity index (χ1) is 17.8. The average Bonchev–Trinajstić information content (AvgIpc) is 3.50. The Hall–Kier alpha value is -3.68. The van der Waals surface area contributed by atoms with Crippen LogP contribution in [0.25, 0.3) is 5.69 Å². The van der Waals surface area contributed by atoms with Crippen molar-refractivity contribution < 1.29 is 4.79 Å². The lowest BCUT2D eigenvalue weighted by molar-refractivity contribution is -0.118. The Kier molecular flexibility index (Phi) is 7.00. The molecule has 0 radical (unpaired) electrons. The molecule has 4 aromatic rings. The second-order valence-corrected chi connectivity index (χ2v) is 10.2. The van der Waals surface area contributed by atoms with Gasteiger partial charge in [-0.15, -0.1) is 0 Å². The Morgan fingerprint density at radius 1 is 1.05 bits per heavy atom. The van der Waals surface area contributed by atoms with Crippen LogP contribution in [0.4, 0.5) is 11.4 Å². The molecule has 1 saturated heterocycles. The van der Waals surface area contributed by atoms with Crippen LogP contribution in [-0.4, -0.2) is 20.6 Å². The Labute approximate surface area is 227 Å². The van der Waals surface area contributed by atoms with Gasteiger partial charge >= 0.3 is 0 Å². The summed E-state index contributed by atoms with van der Waals surface area (Å²) in [6, 6.07) is 23.7. The molecule has 3 heterocycles. The van der Waals surface area contributed by atoms with E-state index in [4.69, 9.17) is 23.8 Å². The molecular formula is C29H28ClN5OS. The molecule has 1 aliphatic rings. The van der Waals surface area contributed by atoms with E-state index < -0.39 is 0 Å². The summed E-state index contributed by atoms with van der Waals surface area (Å²) in [5.74, 6) is -0.235. The number of amides is 1. The van der Waals surface area contributed by atoms with Crippen molar-refractivity contribution in [3.8, 4) is 5.69 Å². The molecule has 1 amide bonds. The number of carbonyl (C=O) groups is 1. The van der Waals surface area contributed by atoms with Gasteiger partial charge in [0.1, 0.15) is 6.04 Å². The van der Waals surface area contributed by atoms with Gasteiger partial charge in [0.25, 0.3) is 0 Å². The van der Waals surface area contributed by atoms with Crippen LogP contribution >= 0.6 is 23.8 Å². The van der Waals surface area contributed by atoms with Gasteiger partial charge in [-0.3, -0.25) is 9.78 Å². The topological polar surface area (TPSA) is 62.2 Å². The number of benzene rings is 2. The monoisotopic (exact) mass is 529 g/mol. The maximum atomic E-state index is 12.2. The van der Waals surface area contributed by atoms with Crippen LogP contribution < -0.4 is 15.5 Å². The first kappa shape index (κ1) is 25.0. The van der Waals surface area contributed by atoms with Crippen LogP contribution in [0.5, 0.6) is 0 Å². The van der Waals surface area contributed by atoms with Gasteiger partial charge in [-0.25, -0.2) is 0 Å². The van der Waals surface area contributed by atoms with E-state index in [1.54, 1.807) is 6.20 Å². The average molecular weight is 530 g/mol. The third-order valence-electron chi connectivity index (χ3n) is 6.47. The Bertz CT molecular complexity index is 1450. The number of rotatable bonds is 6. The third kappa shape index (κ3) is 4.97. The van der Waals surface area contributed by atoms with Crippen molar-refractivity contribution in [2.24, 2.45) is 5.92 Å². The van der Waals surface area contributed by atoms with Gasteiger partial charge in [0.2, 0.25) is 5.91 Å². The molecule has 0 spiro atoms. The largest absolute Gasteiger partial charge is 0.351 e. The van der Waals surface area contributed by atoms with Gasteiger partial charge in [0, 0.05) is 35.4 Å². The van der Waals surface area contributed by atoms with E-state index in [1.165, 1.54) is 5.56 Å². The number of hydrogen-bond donors (Lipinski definition) is 2. The number of aromatic nitrogens is 2. The van der Waals surface area contributed by atoms with Crippen LogP contribution in [0.3, 0.4) is 0 Å².